The van der Waals surface area contributed by atoms with Crippen molar-refractivity contribution in [1.29, 1.82) is 5.26 Å². The molecule has 0 spiro atoms. The highest BCUT2D eigenvalue weighted by molar-refractivity contribution is 7.98. The molecule has 0 aliphatic heterocycles. The first-order valence-electron chi connectivity index (χ1n) is 7.60. The van der Waals surface area contributed by atoms with Gasteiger partial charge in [-0.2, -0.15) is 5.26 Å². The number of aryl methyl sites for hydroxylation is 1. The number of hydrogen-bond donors (Lipinski definition) is 1. The summed E-state index contributed by atoms with van der Waals surface area (Å²) in [5, 5.41) is 13.5. The Morgan fingerprint density at radius 2 is 2.17 bits per heavy atom. The summed E-state index contributed by atoms with van der Waals surface area (Å²) >= 11 is 7.49. The summed E-state index contributed by atoms with van der Waals surface area (Å²) < 4.78 is 0. The van der Waals surface area contributed by atoms with Crippen molar-refractivity contribution in [2.24, 2.45) is 0 Å². The molecule has 1 heterocycles. The zero-order valence-corrected chi connectivity index (χ0v) is 15.0. The molecule has 0 radical (unpaired) electrons. The van der Waals surface area contributed by atoms with Gasteiger partial charge in [0.15, 0.2) is 0 Å². The van der Waals surface area contributed by atoms with Crippen molar-refractivity contribution in [1.82, 2.24) is 4.98 Å². The number of thioether (sulfide) groups is 1. The van der Waals surface area contributed by atoms with Gasteiger partial charge in [0.2, 0.25) is 0 Å². The monoisotopic (exact) mass is 357 g/mol. The van der Waals surface area contributed by atoms with Crippen LogP contribution in [0.5, 0.6) is 0 Å². The van der Waals surface area contributed by atoms with Crippen LogP contribution in [0.15, 0.2) is 29.3 Å². The first-order valence-corrected chi connectivity index (χ1v) is 9.20. The Balaban J connectivity index is 1.97. The number of benzene rings is 1. The van der Waals surface area contributed by atoms with Crippen LogP contribution in [0.4, 0.5) is 5.69 Å². The number of aromatic nitrogens is 1. The lowest BCUT2D eigenvalue weighted by atomic mass is 10.1. The van der Waals surface area contributed by atoms with Crippen molar-refractivity contribution in [3.63, 3.8) is 0 Å². The second-order valence-corrected chi connectivity index (χ2v) is 6.99. The highest BCUT2D eigenvalue weighted by Crippen LogP contribution is 2.40. The number of anilines is 1. The Morgan fingerprint density at radius 1 is 1.42 bits per heavy atom. The van der Waals surface area contributed by atoms with Gasteiger partial charge in [-0.3, -0.25) is 4.79 Å². The van der Waals surface area contributed by atoms with E-state index in [-0.39, 0.29) is 5.91 Å². The molecule has 0 unspecified atom stereocenters. The number of nitriles is 1. The maximum absolute atomic E-state index is 12.7. The summed E-state index contributed by atoms with van der Waals surface area (Å²) in [6, 6.07) is 9.22. The van der Waals surface area contributed by atoms with Gasteiger partial charge in [-0.05, 0) is 49.8 Å². The maximum Gasteiger partial charge on any atom is 0.257 e. The summed E-state index contributed by atoms with van der Waals surface area (Å²) in [7, 11) is 0. The molecule has 1 aliphatic rings. The number of amides is 1. The molecule has 24 heavy (non-hydrogen) atoms. The van der Waals surface area contributed by atoms with E-state index in [1.807, 2.05) is 19.2 Å². The summed E-state index contributed by atoms with van der Waals surface area (Å²) in [5.74, 6) is 0.0927. The Kier molecular flexibility index (Phi) is 4.79. The van der Waals surface area contributed by atoms with E-state index in [0.717, 1.165) is 24.1 Å². The van der Waals surface area contributed by atoms with Gasteiger partial charge in [0.25, 0.3) is 5.91 Å². The van der Waals surface area contributed by atoms with Gasteiger partial charge in [0.1, 0.15) is 11.1 Å². The average molecular weight is 358 g/mol. The molecular formula is C18H16ClN3OS. The molecule has 0 atom stereocenters. The van der Waals surface area contributed by atoms with Gasteiger partial charge in [0.05, 0.1) is 11.1 Å². The second kappa shape index (κ2) is 6.84. The van der Waals surface area contributed by atoms with E-state index in [1.165, 1.54) is 11.8 Å². The van der Waals surface area contributed by atoms with Crippen LogP contribution >= 0.6 is 23.4 Å². The molecule has 1 aliphatic carbocycles. The largest absolute Gasteiger partial charge is 0.322 e. The third-order valence-electron chi connectivity index (χ3n) is 3.98. The van der Waals surface area contributed by atoms with E-state index in [1.54, 1.807) is 18.2 Å². The van der Waals surface area contributed by atoms with Gasteiger partial charge >= 0.3 is 0 Å². The Labute approximate surface area is 150 Å². The molecule has 1 saturated carbocycles. The molecule has 122 valence electrons. The van der Waals surface area contributed by atoms with Gasteiger partial charge in [-0.15, -0.1) is 11.8 Å². The zero-order chi connectivity index (χ0) is 17.3. The number of nitrogens with one attached hydrogen (secondary N) is 1. The molecule has 1 amide bonds. The van der Waals surface area contributed by atoms with Crippen molar-refractivity contribution in [2.45, 2.75) is 30.7 Å². The van der Waals surface area contributed by atoms with Crippen molar-refractivity contribution >= 4 is 35.0 Å². The highest BCUT2D eigenvalue weighted by Gasteiger charge is 2.28. The highest BCUT2D eigenvalue weighted by atomic mass is 35.5. The summed E-state index contributed by atoms with van der Waals surface area (Å²) in [5.41, 5.74) is 3.13. The molecule has 0 saturated heterocycles. The number of carbonyl (C=O) groups is 1. The number of halogens is 1. The third-order valence-corrected chi connectivity index (χ3v) is 5.07. The number of hydrogen-bond acceptors (Lipinski definition) is 4. The Morgan fingerprint density at radius 3 is 2.75 bits per heavy atom. The molecule has 6 heteroatoms. The molecule has 0 bridgehead atoms. The summed E-state index contributed by atoms with van der Waals surface area (Å²) in [4.78, 5) is 17.3. The molecule has 4 nitrogen and oxygen atoms in total. The number of nitrogens with zero attached hydrogens (tertiary/aromatic N) is 2. The minimum Gasteiger partial charge on any atom is -0.322 e. The quantitative estimate of drug-likeness (QED) is 0.800. The van der Waals surface area contributed by atoms with Crippen LogP contribution in [0.2, 0.25) is 5.02 Å². The van der Waals surface area contributed by atoms with Crippen LogP contribution in [0.3, 0.4) is 0 Å². The van der Waals surface area contributed by atoms with E-state index < -0.39 is 0 Å². The summed E-state index contributed by atoms with van der Waals surface area (Å²) in [6.07, 6.45) is 4.03. The molecule has 1 fully saturated rings. The number of rotatable bonds is 4. The fourth-order valence-corrected chi connectivity index (χ4v) is 3.17. The first-order chi connectivity index (χ1) is 11.5. The van der Waals surface area contributed by atoms with Crippen molar-refractivity contribution in [3.05, 3.63) is 51.7 Å². The lowest BCUT2D eigenvalue weighted by Gasteiger charge is -2.11. The Bertz CT molecular complexity index is 856. The fourth-order valence-electron chi connectivity index (χ4n) is 2.43. The van der Waals surface area contributed by atoms with Gasteiger partial charge < -0.3 is 5.32 Å². The molecule has 1 aromatic heterocycles. The van der Waals surface area contributed by atoms with Crippen LogP contribution in [0.25, 0.3) is 0 Å². The second-order valence-electron chi connectivity index (χ2n) is 5.78. The van der Waals surface area contributed by atoms with Gasteiger partial charge in [-0.1, -0.05) is 17.7 Å². The normalized spacial score (nSPS) is 13.4. The topological polar surface area (TPSA) is 65.8 Å². The zero-order valence-electron chi connectivity index (χ0n) is 13.4. The lowest BCUT2D eigenvalue weighted by Crippen LogP contribution is -2.15. The van der Waals surface area contributed by atoms with Crippen LogP contribution in [-0.4, -0.2) is 17.1 Å². The SMILES string of the molecule is CSc1nc(C2CC2)cc(C(=O)Nc2ccc(C)c(Cl)c2)c1C#N. The predicted octanol–water partition coefficient (Wildman–Crippen LogP) is 4.77. The van der Waals surface area contributed by atoms with E-state index in [2.05, 4.69) is 16.4 Å². The van der Waals surface area contributed by atoms with E-state index in [9.17, 15) is 10.1 Å². The van der Waals surface area contributed by atoms with Crippen LogP contribution in [0.1, 0.15) is 45.9 Å². The van der Waals surface area contributed by atoms with Gasteiger partial charge in [-0.25, -0.2) is 4.98 Å². The molecule has 1 aromatic carbocycles. The predicted molar refractivity (Wildman–Crippen MR) is 96.9 cm³/mol. The minimum absolute atomic E-state index is 0.314. The third kappa shape index (κ3) is 3.40. The van der Waals surface area contributed by atoms with Crippen LogP contribution < -0.4 is 5.32 Å². The minimum atomic E-state index is -0.314. The molecule has 2 aromatic rings. The fraction of sp³-hybridized carbons (Fsp3) is 0.278. The van der Waals surface area contributed by atoms with E-state index in [0.29, 0.717) is 32.8 Å². The lowest BCUT2D eigenvalue weighted by molar-refractivity contribution is 0.102. The smallest absolute Gasteiger partial charge is 0.257 e. The molecule has 3 rings (SSSR count). The number of carbonyl (C=O) groups excluding carboxylic acids is 1. The Hall–Kier alpha value is -2.03. The summed E-state index contributed by atoms with van der Waals surface area (Å²) in [6.45, 7) is 1.90. The van der Waals surface area contributed by atoms with E-state index >= 15 is 0 Å². The molecular weight excluding hydrogens is 342 g/mol. The van der Waals surface area contributed by atoms with Crippen molar-refractivity contribution in [2.75, 3.05) is 11.6 Å². The first kappa shape index (κ1) is 16.8. The standard InChI is InChI=1S/C18H16ClN3OS/c1-10-3-6-12(7-15(10)19)21-17(23)13-8-16(11-4-5-11)22-18(24-2)14(13)9-20/h3,6-8,11H,4-5H2,1-2H3,(H,21,23). The van der Waals surface area contributed by atoms with Crippen molar-refractivity contribution in [3.8, 4) is 6.07 Å². The molecule has 1 N–H and O–H groups in total. The van der Waals surface area contributed by atoms with Crippen LogP contribution in [0, 0.1) is 18.3 Å². The van der Waals surface area contributed by atoms with E-state index in [4.69, 9.17) is 11.6 Å². The maximum atomic E-state index is 12.7. The number of pyridine rings is 1. The average Bonchev–Trinajstić information content (AvgIpc) is 3.41. The van der Waals surface area contributed by atoms with Gasteiger partial charge in [0, 0.05) is 22.3 Å². The van der Waals surface area contributed by atoms with Crippen LogP contribution in [-0.2, 0) is 0 Å². The van der Waals surface area contributed by atoms with Crippen molar-refractivity contribution < 1.29 is 4.79 Å².